The molecular formula is C12H21Y2-. The van der Waals surface area contributed by atoms with E-state index in [1.807, 2.05) is 39.0 Å². The van der Waals surface area contributed by atoms with Gasteiger partial charge in [-0.3, -0.25) is 0 Å². The van der Waals surface area contributed by atoms with E-state index in [1.165, 1.54) is 5.56 Å². The van der Waals surface area contributed by atoms with Gasteiger partial charge in [0.2, 0.25) is 0 Å². The predicted molar refractivity (Wildman–Crippen MR) is 58.2 cm³/mol. The molecule has 0 bridgehead atoms. The smallest absolute Gasteiger partial charge is 0 e. The topological polar surface area (TPSA) is 0 Å². The van der Waals surface area contributed by atoms with Gasteiger partial charge in [0.05, 0.1) is 0 Å². The maximum absolute atomic E-state index is 3.49. The fraction of sp³-hybridized carbons (Fsp3) is 0.417. The zero-order valence-corrected chi connectivity index (χ0v) is 15.6. The van der Waals surface area contributed by atoms with Gasteiger partial charge in [0.1, 0.15) is 0 Å². The van der Waals surface area contributed by atoms with E-state index in [1.54, 1.807) is 0 Å². The van der Waals surface area contributed by atoms with Crippen LogP contribution < -0.4 is 0 Å². The van der Waals surface area contributed by atoms with Gasteiger partial charge in [0.15, 0.2) is 0 Å². The molecule has 0 atom stereocenters. The Balaban J connectivity index is -0.0000000633. The summed E-state index contributed by atoms with van der Waals surface area (Å²) in [4.78, 5) is 0. The minimum absolute atomic E-state index is 0. The standard InChI is InChI=1S/C7H8.C3H7.C2H6.2Y/c1-7-5-3-2-4-6-7;1-3-2;1-2;;/h2-6H,1H3;1,3H2,2H3;1-2H3;;/q;-1;;;. The van der Waals surface area contributed by atoms with Crippen LogP contribution in [0.5, 0.6) is 0 Å². The average Bonchev–Trinajstić information content (AvgIpc) is 2.11. The summed E-state index contributed by atoms with van der Waals surface area (Å²) in [6.07, 6.45) is 1.00. The van der Waals surface area contributed by atoms with Crippen LogP contribution in [0.4, 0.5) is 0 Å². The average molecular weight is 343 g/mol. The van der Waals surface area contributed by atoms with Gasteiger partial charge in [-0.25, -0.2) is 0 Å². The summed E-state index contributed by atoms with van der Waals surface area (Å²) >= 11 is 0. The first-order valence-corrected chi connectivity index (χ1v) is 4.62. The molecule has 0 N–H and O–H groups in total. The Bertz CT molecular complexity index is 150. The van der Waals surface area contributed by atoms with Gasteiger partial charge in [0.25, 0.3) is 0 Å². The monoisotopic (exact) mass is 343 g/mol. The minimum atomic E-state index is 0. The fourth-order valence-corrected chi connectivity index (χ4v) is 0.534. The molecule has 0 heterocycles. The van der Waals surface area contributed by atoms with Gasteiger partial charge in [-0.2, -0.15) is 6.42 Å². The summed E-state index contributed by atoms with van der Waals surface area (Å²) in [5, 5.41) is 0. The molecule has 0 aromatic heterocycles. The molecule has 1 rings (SSSR count). The second-order valence-electron chi connectivity index (χ2n) is 2.15. The van der Waals surface area contributed by atoms with Crippen molar-refractivity contribution < 1.29 is 65.4 Å². The van der Waals surface area contributed by atoms with Gasteiger partial charge in [-0.15, -0.1) is 0 Å². The van der Waals surface area contributed by atoms with Crippen molar-refractivity contribution in [2.75, 3.05) is 0 Å². The van der Waals surface area contributed by atoms with Gasteiger partial charge in [0, 0.05) is 65.4 Å². The van der Waals surface area contributed by atoms with Crippen LogP contribution in [-0.2, 0) is 65.4 Å². The van der Waals surface area contributed by atoms with E-state index in [2.05, 4.69) is 26.0 Å². The van der Waals surface area contributed by atoms with Crippen molar-refractivity contribution in [1.82, 2.24) is 0 Å². The Labute approximate surface area is 140 Å². The van der Waals surface area contributed by atoms with E-state index in [9.17, 15) is 0 Å². The first-order chi connectivity index (χ1) is 5.81. The molecule has 0 spiro atoms. The van der Waals surface area contributed by atoms with Crippen molar-refractivity contribution in [3.8, 4) is 0 Å². The van der Waals surface area contributed by atoms with Crippen molar-refractivity contribution in [3.05, 3.63) is 42.8 Å². The van der Waals surface area contributed by atoms with E-state index in [4.69, 9.17) is 0 Å². The van der Waals surface area contributed by atoms with E-state index in [0.29, 0.717) is 0 Å². The third-order valence-electron chi connectivity index (χ3n) is 0.940. The van der Waals surface area contributed by atoms with Gasteiger partial charge < -0.3 is 6.92 Å². The molecule has 76 valence electrons. The molecule has 2 heteroatoms. The summed E-state index contributed by atoms with van der Waals surface area (Å²) in [5.74, 6) is 0. The van der Waals surface area contributed by atoms with Crippen LogP contribution in [0.3, 0.4) is 0 Å². The van der Waals surface area contributed by atoms with Crippen LogP contribution in [0.1, 0.15) is 32.8 Å². The number of aryl methyl sites for hydroxylation is 1. The second kappa shape index (κ2) is 23.9. The van der Waals surface area contributed by atoms with Crippen LogP contribution in [0.25, 0.3) is 0 Å². The summed E-state index contributed by atoms with van der Waals surface area (Å²) < 4.78 is 0. The third kappa shape index (κ3) is 23.3. The SMILES string of the molecule is CC.Cc1ccccc1.[CH2-]CC.[Y].[Y]. The molecule has 0 aliphatic heterocycles. The number of rotatable bonds is 0. The van der Waals surface area contributed by atoms with Crippen molar-refractivity contribution in [2.45, 2.75) is 34.1 Å². The molecule has 0 unspecified atom stereocenters. The Kier molecular flexibility index (Phi) is 42.0. The summed E-state index contributed by atoms with van der Waals surface area (Å²) in [6, 6.07) is 10.3. The third-order valence-corrected chi connectivity index (χ3v) is 0.940. The Morgan fingerprint density at radius 3 is 1.43 bits per heavy atom. The summed E-state index contributed by atoms with van der Waals surface area (Å²) in [5.41, 5.74) is 1.32. The van der Waals surface area contributed by atoms with Crippen molar-refractivity contribution in [2.24, 2.45) is 0 Å². The van der Waals surface area contributed by atoms with Gasteiger partial charge in [-0.05, 0) is 6.92 Å². The molecule has 1 aromatic carbocycles. The first-order valence-electron chi connectivity index (χ1n) is 4.62. The molecule has 2 radical (unpaired) electrons. The molecule has 0 aliphatic carbocycles. The second-order valence-corrected chi connectivity index (χ2v) is 2.15. The molecule has 0 saturated carbocycles. The minimum Gasteiger partial charge on any atom is -0.344 e. The fourth-order valence-electron chi connectivity index (χ4n) is 0.534. The van der Waals surface area contributed by atoms with Crippen LogP contribution in [-0.4, -0.2) is 0 Å². The molecule has 1 aromatic rings. The largest absolute Gasteiger partial charge is 0.344 e. The first kappa shape index (κ1) is 24.6. The quantitative estimate of drug-likeness (QED) is 0.618. The summed E-state index contributed by atoms with van der Waals surface area (Å²) in [6.45, 7) is 11.6. The predicted octanol–water partition coefficient (Wildman–Crippen LogP) is 4.25. The van der Waals surface area contributed by atoms with Crippen molar-refractivity contribution >= 4 is 0 Å². The van der Waals surface area contributed by atoms with E-state index >= 15 is 0 Å². The van der Waals surface area contributed by atoms with Gasteiger partial charge in [-0.1, -0.05) is 56.7 Å². The Morgan fingerprint density at radius 2 is 1.29 bits per heavy atom. The number of hydrogen-bond donors (Lipinski definition) is 0. The molecular weight excluding hydrogens is 322 g/mol. The van der Waals surface area contributed by atoms with Crippen LogP contribution in [0.2, 0.25) is 0 Å². The molecule has 0 fully saturated rings. The van der Waals surface area contributed by atoms with Crippen molar-refractivity contribution in [3.63, 3.8) is 0 Å². The zero-order chi connectivity index (χ0) is 9.82. The maximum Gasteiger partial charge on any atom is 0 e. The zero-order valence-electron chi connectivity index (χ0n) is 9.96. The molecule has 0 amide bonds. The van der Waals surface area contributed by atoms with E-state index in [0.717, 1.165) is 6.42 Å². The van der Waals surface area contributed by atoms with Crippen molar-refractivity contribution in [1.29, 1.82) is 0 Å². The molecule has 0 aliphatic rings. The normalized spacial score (nSPS) is 6.07. The van der Waals surface area contributed by atoms with Crippen LogP contribution >= 0.6 is 0 Å². The molecule has 14 heavy (non-hydrogen) atoms. The van der Waals surface area contributed by atoms with E-state index in [-0.39, 0.29) is 65.4 Å². The Hall–Kier alpha value is 1.43. The maximum atomic E-state index is 3.49. The number of benzene rings is 1. The van der Waals surface area contributed by atoms with Crippen LogP contribution in [0.15, 0.2) is 30.3 Å². The van der Waals surface area contributed by atoms with Crippen LogP contribution in [0, 0.1) is 13.8 Å². The van der Waals surface area contributed by atoms with E-state index < -0.39 is 0 Å². The summed E-state index contributed by atoms with van der Waals surface area (Å²) in [7, 11) is 0. The molecule has 0 nitrogen and oxygen atoms in total. The molecule has 0 saturated heterocycles. The van der Waals surface area contributed by atoms with Gasteiger partial charge >= 0.3 is 0 Å². The number of hydrogen-bond acceptors (Lipinski definition) is 0. The Morgan fingerprint density at radius 1 is 1.00 bits per heavy atom.